The Kier molecular flexibility index (Phi) is 2.98. The van der Waals surface area contributed by atoms with Crippen molar-refractivity contribution in [3.63, 3.8) is 0 Å². The predicted molar refractivity (Wildman–Crippen MR) is 63.4 cm³/mol. The normalized spacial score (nSPS) is 10.7. The summed E-state index contributed by atoms with van der Waals surface area (Å²) in [5.41, 5.74) is 6.89. The van der Waals surface area contributed by atoms with Gasteiger partial charge in [-0.05, 0) is 29.5 Å². The Hall–Kier alpha value is -1.33. The molecule has 0 saturated heterocycles. The Morgan fingerprint density at radius 3 is 2.75 bits per heavy atom. The summed E-state index contributed by atoms with van der Waals surface area (Å²) in [7, 11) is 0. The van der Waals surface area contributed by atoms with Crippen LogP contribution in [0.5, 0.6) is 0 Å². The molecule has 0 unspecified atom stereocenters. The van der Waals surface area contributed by atoms with E-state index in [-0.39, 0.29) is 0 Å². The van der Waals surface area contributed by atoms with Crippen molar-refractivity contribution in [1.29, 1.82) is 0 Å². The number of nitrogens with zero attached hydrogens (tertiary/aromatic N) is 4. The van der Waals surface area contributed by atoms with Gasteiger partial charge < -0.3 is 5.73 Å². The second kappa shape index (κ2) is 4.27. The number of aromatic nitrogens is 4. The summed E-state index contributed by atoms with van der Waals surface area (Å²) in [5.74, 6) is 0.618. The van der Waals surface area contributed by atoms with Crippen molar-refractivity contribution in [3.05, 3.63) is 22.2 Å². The van der Waals surface area contributed by atoms with Crippen LogP contribution in [0, 0.1) is 0 Å². The number of benzene rings is 1. The van der Waals surface area contributed by atoms with E-state index in [1.165, 1.54) is 0 Å². The summed E-state index contributed by atoms with van der Waals surface area (Å²) < 4.78 is 1.65. The minimum Gasteiger partial charge on any atom is -0.397 e. The van der Waals surface area contributed by atoms with Gasteiger partial charge in [0.25, 0.3) is 0 Å². The molecule has 0 fully saturated rings. The molecule has 0 radical (unpaired) electrons. The molecule has 1 aromatic heterocycles. The fourth-order valence-corrected chi connectivity index (χ4v) is 1.70. The molecular formula is C9H9Cl2N5. The zero-order valence-corrected chi connectivity index (χ0v) is 10.00. The van der Waals surface area contributed by atoms with E-state index in [0.29, 0.717) is 28.1 Å². The lowest BCUT2D eigenvalue weighted by Gasteiger charge is -2.05. The van der Waals surface area contributed by atoms with Crippen LogP contribution in [-0.2, 0) is 6.54 Å². The van der Waals surface area contributed by atoms with Gasteiger partial charge >= 0.3 is 0 Å². The molecule has 0 saturated carbocycles. The largest absolute Gasteiger partial charge is 0.397 e. The van der Waals surface area contributed by atoms with Crippen molar-refractivity contribution in [2.75, 3.05) is 5.73 Å². The lowest BCUT2D eigenvalue weighted by atomic mass is 10.2. The number of tetrazole rings is 1. The molecule has 1 heterocycles. The van der Waals surface area contributed by atoms with Gasteiger partial charge in [0.2, 0.25) is 0 Å². The maximum Gasteiger partial charge on any atom is 0.182 e. The minimum atomic E-state index is 0.348. The molecular weight excluding hydrogens is 249 g/mol. The SMILES string of the molecule is CCn1nnnc1-c1cc(N)c(Cl)c(Cl)c1. The Balaban J connectivity index is 2.57. The van der Waals surface area contributed by atoms with Gasteiger partial charge in [0.05, 0.1) is 15.7 Å². The van der Waals surface area contributed by atoms with Crippen LogP contribution >= 0.6 is 23.2 Å². The van der Waals surface area contributed by atoms with Crippen LogP contribution in [0.3, 0.4) is 0 Å². The minimum absolute atomic E-state index is 0.348. The molecule has 7 heteroatoms. The van der Waals surface area contributed by atoms with E-state index >= 15 is 0 Å². The maximum atomic E-state index is 5.94. The van der Waals surface area contributed by atoms with Gasteiger partial charge in [0.15, 0.2) is 5.82 Å². The summed E-state index contributed by atoms with van der Waals surface area (Å²) in [4.78, 5) is 0. The van der Waals surface area contributed by atoms with Crippen LogP contribution in [0.2, 0.25) is 10.0 Å². The summed E-state index contributed by atoms with van der Waals surface area (Å²) >= 11 is 11.8. The molecule has 0 bridgehead atoms. The van der Waals surface area contributed by atoms with E-state index in [0.717, 1.165) is 5.56 Å². The van der Waals surface area contributed by atoms with Crippen LogP contribution in [-0.4, -0.2) is 20.2 Å². The summed E-state index contributed by atoms with van der Waals surface area (Å²) in [6, 6.07) is 3.39. The Labute approximate surface area is 102 Å². The number of nitrogen functional groups attached to an aromatic ring is 1. The van der Waals surface area contributed by atoms with Gasteiger partial charge in [-0.2, -0.15) is 0 Å². The molecule has 2 rings (SSSR count). The van der Waals surface area contributed by atoms with Crippen LogP contribution in [0.25, 0.3) is 11.4 Å². The van der Waals surface area contributed by atoms with Crippen LogP contribution in [0.1, 0.15) is 6.92 Å². The summed E-state index contributed by atoms with van der Waals surface area (Å²) in [5, 5.41) is 12.1. The Bertz CT molecular complexity index is 499. The number of hydrogen-bond donors (Lipinski definition) is 1. The molecule has 2 aromatic rings. The molecule has 5 nitrogen and oxygen atoms in total. The number of aryl methyl sites for hydroxylation is 1. The zero-order valence-electron chi connectivity index (χ0n) is 8.48. The average molecular weight is 258 g/mol. The quantitative estimate of drug-likeness (QED) is 0.838. The first kappa shape index (κ1) is 11.2. The third-order valence-electron chi connectivity index (χ3n) is 2.15. The van der Waals surface area contributed by atoms with Crippen LogP contribution < -0.4 is 5.73 Å². The summed E-state index contributed by atoms with van der Waals surface area (Å²) in [6.45, 7) is 2.61. The van der Waals surface area contributed by atoms with Gasteiger partial charge in [-0.3, -0.25) is 0 Å². The highest BCUT2D eigenvalue weighted by molar-refractivity contribution is 6.43. The highest BCUT2D eigenvalue weighted by atomic mass is 35.5. The smallest absolute Gasteiger partial charge is 0.182 e. The van der Waals surface area contributed by atoms with E-state index in [9.17, 15) is 0 Å². The van der Waals surface area contributed by atoms with Crippen molar-refractivity contribution in [3.8, 4) is 11.4 Å². The molecule has 84 valence electrons. The number of halogens is 2. The molecule has 0 aliphatic rings. The van der Waals surface area contributed by atoms with E-state index in [2.05, 4.69) is 15.5 Å². The van der Waals surface area contributed by atoms with Gasteiger partial charge in [0, 0.05) is 12.1 Å². The standard InChI is InChI=1S/C9H9Cl2N5/c1-2-16-9(13-14-15-16)5-3-6(10)8(11)7(12)4-5/h3-4H,2,12H2,1H3. The average Bonchev–Trinajstić information content (AvgIpc) is 2.73. The van der Waals surface area contributed by atoms with Crippen molar-refractivity contribution in [2.45, 2.75) is 13.5 Å². The number of nitrogens with two attached hydrogens (primary N) is 1. The number of anilines is 1. The van der Waals surface area contributed by atoms with E-state index in [4.69, 9.17) is 28.9 Å². The maximum absolute atomic E-state index is 5.94. The van der Waals surface area contributed by atoms with Gasteiger partial charge in [-0.25, -0.2) is 4.68 Å². The van der Waals surface area contributed by atoms with E-state index < -0.39 is 0 Å². The van der Waals surface area contributed by atoms with Gasteiger partial charge in [-0.1, -0.05) is 23.2 Å². The van der Waals surface area contributed by atoms with E-state index in [1.54, 1.807) is 16.8 Å². The van der Waals surface area contributed by atoms with Gasteiger partial charge in [0.1, 0.15) is 0 Å². The second-order valence-electron chi connectivity index (χ2n) is 3.18. The van der Waals surface area contributed by atoms with Crippen molar-refractivity contribution < 1.29 is 0 Å². The van der Waals surface area contributed by atoms with Gasteiger partial charge in [-0.15, -0.1) is 5.10 Å². The monoisotopic (exact) mass is 257 g/mol. The fourth-order valence-electron chi connectivity index (χ4n) is 1.36. The third-order valence-corrected chi connectivity index (χ3v) is 2.96. The fraction of sp³-hybridized carbons (Fsp3) is 0.222. The van der Waals surface area contributed by atoms with Crippen LogP contribution in [0.4, 0.5) is 5.69 Å². The molecule has 0 aliphatic heterocycles. The summed E-state index contributed by atoms with van der Waals surface area (Å²) in [6.07, 6.45) is 0. The molecule has 0 atom stereocenters. The third kappa shape index (κ3) is 1.83. The second-order valence-corrected chi connectivity index (χ2v) is 3.96. The topological polar surface area (TPSA) is 69.6 Å². The molecule has 16 heavy (non-hydrogen) atoms. The van der Waals surface area contributed by atoms with Crippen LogP contribution in [0.15, 0.2) is 12.1 Å². The molecule has 0 aliphatic carbocycles. The lowest BCUT2D eigenvalue weighted by Crippen LogP contribution is -2.00. The Morgan fingerprint density at radius 2 is 2.12 bits per heavy atom. The predicted octanol–water partition coefficient (Wildman–Crippen LogP) is 2.25. The first-order valence-electron chi connectivity index (χ1n) is 4.64. The zero-order chi connectivity index (χ0) is 11.7. The highest BCUT2D eigenvalue weighted by Crippen LogP contribution is 2.32. The van der Waals surface area contributed by atoms with E-state index in [1.807, 2.05) is 6.92 Å². The first-order valence-corrected chi connectivity index (χ1v) is 5.40. The molecule has 0 spiro atoms. The molecule has 0 amide bonds. The van der Waals surface area contributed by atoms with Crippen molar-refractivity contribution in [2.24, 2.45) is 0 Å². The first-order chi connectivity index (χ1) is 7.63. The van der Waals surface area contributed by atoms with Crippen molar-refractivity contribution >= 4 is 28.9 Å². The lowest BCUT2D eigenvalue weighted by molar-refractivity contribution is 0.631. The Morgan fingerprint density at radius 1 is 1.38 bits per heavy atom. The number of hydrogen-bond acceptors (Lipinski definition) is 4. The molecule has 1 aromatic carbocycles. The number of rotatable bonds is 2. The van der Waals surface area contributed by atoms with Crippen molar-refractivity contribution in [1.82, 2.24) is 20.2 Å². The molecule has 2 N–H and O–H groups in total. The highest BCUT2D eigenvalue weighted by Gasteiger charge is 2.11.